The number of hydrogen-bond acceptors (Lipinski definition) is 6. The summed E-state index contributed by atoms with van der Waals surface area (Å²) in [5.74, 6) is -1.24. The fourth-order valence-corrected chi connectivity index (χ4v) is 3.61. The number of Topliss-reactive ketones (excluding diaryl/α,β-unsaturated/α-hetero) is 1. The molecule has 0 spiro atoms. The number of carbonyl (C=O) groups is 2. The Bertz CT molecular complexity index is 1030. The van der Waals surface area contributed by atoms with Crippen LogP contribution in [-0.2, 0) is 9.59 Å². The third-order valence-corrected chi connectivity index (χ3v) is 5.16. The van der Waals surface area contributed by atoms with Gasteiger partial charge in [0.2, 0.25) is 6.79 Å². The predicted molar refractivity (Wildman–Crippen MR) is 107 cm³/mol. The van der Waals surface area contributed by atoms with Gasteiger partial charge < -0.3 is 24.4 Å². The van der Waals surface area contributed by atoms with Gasteiger partial charge >= 0.3 is 0 Å². The highest BCUT2D eigenvalue weighted by Gasteiger charge is 2.46. The van der Waals surface area contributed by atoms with Crippen molar-refractivity contribution in [1.82, 2.24) is 9.80 Å². The number of carbonyl (C=O) groups excluding carboxylic acids is 2. The Morgan fingerprint density at radius 3 is 2.53 bits per heavy atom. The van der Waals surface area contributed by atoms with Crippen LogP contribution in [0.15, 0.2) is 48.0 Å². The number of fused-ring (bicyclic) bond motifs is 1. The van der Waals surface area contributed by atoms with E-state index < -0.39 is 23.5 Å². The van der Waals surface area contributed by atoms with Crippen LogP contribution < -0.4 is 9.47 Å². The average Bonchev–Trinajstić information content (AvgIpc) is 3.29. The summed E-state index contributed by atoms with van der Waals surface area (Å²) in [6.07, 6.45) is 0. The largest absolute Gasteiger partial charge is 0.507 e. The van der Waals surface area contributed by atoms with Gasteiger partial charge in [0.15, 0.2) is 11.5 Å². The number of nitrogens with zero attached hydrogens (tertiary/aromatic N) is 2. The molecule has 1 atom stereocenters. The van der Waals surface area contributed by atoms with Crippen LogP contribution in [0.5, 0.6) is 11.5 Å². The van der Waals surface area contributed by atoms with Crippen LogP contribution in [0.1, 0.15) is 17.2 Å². The van der Waals surface area contributed by atoms with Gasteiger partial charge in [0.25, 0.3) is 11.7 Å². The zero-order valence-electron chi connectivity index (χ0n) is 16.6. The molecule has 7 nitrogen and oxygen atoms in total. The van der Waals surface area contributed by atoms with E-state index in [2.05, 4.69) is 0 Å². The van der Waals surface area contributed by atoms with Gasteiger partial charge in [-0.25, -0.2) is 4.39 Å². The molecule has 30 heavy (non-hydrogen) atoms. The highest BCUT2D eigenvalue weighted by atomic mass is 19.1. The van der Waals surface area contributed by atoms with Gasteiger partial charge in [0.1, 0.15) is 11.6 Å². The Labute approximate surface area is 172 Å². The number of aliphatic hydroxyl groups is 1. The number of halogens is 1. The lowest BCUT2D eigenvalue weighted by molar-refractivity contribution is -0.140. The molecule has 0 bridgehead atoms. The molecule has 1 fully saturated rings. The monoisotopic (exact) mass is 412 g/mol. The molecule has 1 amide bonds. The number of likely N-dealkylation sites (N-methyl/N-ethyl adjacent to an activating group) is 1. The molecule has 0 aromatic heterocycles. The summed E-state index contributed by atoms with van der Waals surface area (Å²) in [5.41, 5.74) is 0.831. The summed E-state index contributed by atoms with van der Waals surface area (Å²) >= 11 is 0. The number of rotatable bonds is 5. The van der Waals surface area contributed by atoms with E-state index >= 15 is 0 Å². The summed E-state index contributed by atoms with van der Waals surface area (Å²) in [6.45, 7) is 0.871. The van der Waals surface area contributed by atoms with Gasteiger partial charge in [-0.15, -0.1) is 0 Å². The minimum atomic E-state index is -0.823. The molecule has 1 N–H and O–H groups in total. The van der Waals surface area contributed by atoms with E-state index in [1.807, 2.05) is 19.0 Å². The molecule has 2 aliphatic heterocycles. The number of ether oxygens (including phenoxy) is 2. The Morgan fingerprint density at radius 2 is 1.83 bits per heavy atom. The van der Waals surface area contributed by atoms with Crippen molar-refractivity contribution in [2.75, 3.05) is 34.0 Å². The Morgan fingerprint density at radius 1 is 1.13 bits per heavy atom. The zero-order valence-corrected chi connectivity index (χ0v) is 16.6. The summed E-state index contributed by atoms with van der Waals surface area (Å²) in [7, 11) is 3.71. The second-order valence-corrected chi connectivity index (χ2v) is 7.42. The molecular weight excluding hydrogens is 391 g/mol. The van der Waals surface area contributed by atoms with Gasteiger partial charge in [-0.2, -0.15) is 0 Å². The highest BCUT2D eigenvalue weighted by Crippen LogP contribution is 2.41. The van der Waals surface area contributed by atoms with E-state index in [-0.39, 0.29) is 24.7 Å². The molecule has 0 unspecified atom stereocenters. The third kappa shape index (κ3) is 3.50. The van der Waals surface area contributed by atoms with Crippen LogP contribution in [0.25, 0.3) is 5.76 Å². The molecule has 4 rings (SSSR count). The molecule has 0 radical (unpaired) electrons. The zero-order chi connectivity index (χ0) is 21.4. The number of ketones is 1. The average molecular weight is 412 g/mol. The van der Waals surface area contributed by atoms with E-state index in [4.69, 9.17) is 9.47 Å². The molecule has 8 heteroatoms. The first-order chi connectivity index (χ1) is 14.4. The van der Waals surface area contributed by atoms with Crippen molar-refractivity contribution < 1.29 is 28.6 Å². The molecule has 2 aromatic carbocycles. The SMILES string of the molecule is CN(C)CCN1C(=O)C(=O)C(=C(O)c2ccc3c(c2)OCO3)[C@@H]1c1ccc(F)cc1. The van der Waals surface area contributed by atoms with Crippen LogP contribution in [0, 0.1) is 5.82 Å². The van der Waals surface area contributed by atoms with E-state index in [9.17, 15) is 19.1 Å². The van der Waals surface area contributed by atoms with Crippen molar-refractivity contribution in [3.05, 3.63) is 65.0 Å². The van der Waals surface area contributed by atoms with E-state index in [1.165, 1.54) is 29.2 Å². The normalized spacial score (nSPS) is 19.7. The first-order valence-electron chi connectivity index (χ1n) is 9.45. The third-order valence-electron chi connectivity index (χ3n) is 5.16. The van der Waals surface area contributed by atoms with E-state index in [0.29, 0.717) is 29.2 Å². The lowest BCUT2D eigenvalue weighted by Crippen LogP contribution is -2.35. The van der Waals surface area contributed by atoms with Crippen molar-refractivity contribution in [1.29, 1.82) is 0 Å². The Balaban J connectivity index is 1.82. The maximum Gasteiger partial charge on any atom is 0.295 e. The first kappa shape index (κ1) is 19.9. The van der Waals surface area contributed by atoms with Gasteiger partial charge in [-0.3, -0.25) is 9.59 Å². The minimum Gasteiger partial charge on any atom is -0.507 e. The molecule has 1 saturated heterocycles. The van der Waals surface area contributed by atoms with Gasteiger partial charge in [-0.1, -0.05) is 12.1 Å². The molecule has 2 aliphatic rings. The maximum absolute atomic E-state index is 13.5. The number of hydrogen-bond donors (Lipinski definition) is 1. The maximum atomic E-state index is 13.5. The number of aliphatic hydroxyl groups excluding tert-OH is 1. The van der Waals surface area contributed by atoms with Crippen LogP contribution in [0.3, 0.4) is 0 Å². The highest BCUT2D eigenvalue weighted by molar-refractivity contribution is 6.46. The van der Waals surface area contributed by atoms with Crippen molar-refractivity contribution in [2.24, 2.45) is 0 Å². The topological polar surface area (TPSA) is 79.3 Å². The van der Waals surface area contributed by atoms with Gasteiger partial charge in [0, 0.05) is 18.7 Å². The van der Waals surface area contributed by atoms with Gasteiger partial charge in [0.05, 0.1) is 11.6 Å². The lowest BCUT2D eigenvalue weighted by atomic mass is 9.95. The Hall–Kier alpha value is -3.39. The summed E-state index contributed by atoms with van der Waals surface area (Å²) in [5, 5.41) is 11.0. The summed E-state index contributed by atoms with van der Waals surface area (Å²) < 4.78 is 24.1. The van der Waals surface area contributed by atoms with E-state index in [0.717, 1.165) is 0 Å². The van der Waals surface area contributed by atoms with Crippen LogP contribution in [0.4, 0.5) is 4.39 Å². The number of likely N-dealkylation sites (tertiary alicyclic amines) is 1. The standard InChI is InChI=1S/C22H21FN2O5/c1-24(2)9-10-25-19(13-3-6-15(23)7-4-13)18(21(27)22(25)28)20(26)14-5-8-16-17(11-14)30-12-29-16/h3-8,11,19,26H,9-10,12H2,1-2H3/t19-/m0/s1. The first-order valence-corrected chi connectivity index (χ1v) is 9.45. The number of benzene rings is 2. The molecule has 0 aliphatic carbocycles. The minimum absolute atomic E-state index is 0.0378. The second kappa shape index (κ2) is 7.79. The molecular formula is C22H21FN2O5. The fraction of sp³-hybridized carbons (Fsp3) is 0.273. The smallest absolute Gasteiger partial charge is 0.295 e. The predicted octanol–water partition coefficient (Wildman–Crippen LogP) is 2.54. The Kier molecular flexibility index (Phi) is 5.17. The van der Waals surface area contributed by atoms with Gasteiger partial charge in [-0.05, 0) is 50.0 Å². The fourth-order valence-electron chi connectivity index (χ4n) is 3.61. The quantitative estimate of drug-likeness (QED) is 0.462. The van der Waals surface area contributed by atoms with Crippen LogP contribution in [0.2, 0.25) is 0 Å². The van der Waals surface area contributed by atoms with Crippen molar-refractivity contribution >= 4 is 17.4 Å². The van der Waals surface area contributed by atoms with Crippen molar-refractivity contribution in [3.8, 4) is 11.5 Å². The van der Waals surface area contributed by atoms with Crippen molar-refractivity contribution in [2.45, 2.75) is 6.04 Å². The van der Waals surface area contributed by atoms with Crippen LogP contribution >= 0.6 is 0 Å². The summed E-state index contributed by atoms with van der Waals surface area (Å²) in [4.78, 5) is 29.0. The molecule has 2 aromatic rings. The number of amides is 1. The second-order valence-electron chi connectivity index (χ2n) is 7.42. The molecule has 2 heterocycles. The van der Waals surface area contributed by atoms with E-state index in [1.54, 1.807) is 18.2 Å². The van der Waals surface area contributed by atoms with Crippen LogP contribution in [-0.4, -0.2) is 60.6 Å². The molecule has 0 saturated carbocycles. The van der Waals surface area contributed by atoms with Crippen molar-refractivity contribution in [3.63, 3.8) is 0 Å². The lowest BCUT2D eigenvalue weighted by Gasteiger charge is -2.26. The summed E-state index contributed by atoms with van der Waals surface area (Å²) in [6, 6.07) is 9.53. The molecule has 156 valence electrons.